The molecule has 1 unspecified atom stereocenters. The Morgan fingerprint density at radius 3 is 2.78 bits per heavy atom. The number of likely N-dealkylation sites (N-methyl/N-ethyl adjacent to an activating group) is 1. The monoisotopic (exact) mass is 751 g/mol. The third kappa shape index (κ3) is 6.38. The number of carbonyl (C=O) groups excluding carboxylic acids is 1. The maximum absolute atomic E-state index is 17.0. The SMILES string of the molecule is C#Cc1c(F)ccc2cccc(-c3ncc4c(N(C)[C@@H]5CCN(C(=O)/C=C/CN6[C@@H]7CC[C@H]6COC7)C5)nc(OCC56CCCN5C[C@H](F)C6)nc4c3F)c12. The van der Waals surface area contributed by atoms with Crippen LogP contribution in [0.1, 0.15) is 44.1 Å². The molecule has 2 bridgehead atoms. The maximum atomic E-state index is 17.0. The molecule has 5 fully saturated rings. The predicted molar refractivity (Wildman–Crippen MR) is 204 cm³/mol. The number of hydrogen-bond acceptors (Lipinski definition) is 9. The van der Waals surface area contributed by atoms with Crippen molar-refractivity contribution in [1.29, 1.82) is 0 Å². The van der Waals surface area contributed by atoms with Crippen LogP contribution in [0, 0.1) is 24.0 Å². The molecule has 286 valence electrons. The molecule has 5 atom stereocenters. The van der Waals surface area contributed by atoms with Gasteiger partial charge in [-0.25, -0.2) is 13.2 Å². The lowest BCUT2D eigenvalue weighted by Gasteiger charge is -2.33. The van der Waals surface area contributed by atoms with E-state index in [1.54, 1.807) is 30.3 Å². The van der Waals surface area contributed by atoms with Crippen molar-refractivity contribution in [1.82, 2.24) is 29.7 Å². The number of halogens is 3. The first-order chi connectivity index (χ1) is 26.7. The molecule has 0 radical (unpaired) electrons. The molecule has 7 heterocycles. The number of rotatable bonds is 9. The highest BCUT2D eigenvalue weighted by Gasteiger charge is 2.49. The lowest BCUT2D eigenvalue weighted by atomic mass is 9.95. The van der Waals surface area contributed by atoms with Crippen molar-refractivity contribution in [3.63, 3.8) is 0 Å². The smallest absolute Gasteiger partial charge is 0.319 e. The van der Waals surface area contributed by atoms with Gasteiger partial charge in [-0.15, -0.1) is 6.42 Å². The summed E-state index contributed by atoms with van der Waals surface area (Å²) in [5, 5.41) is 1.38. The summed E-state index contributed by atoms with van der Waals surface area (Å²) in [6.07, 6.45) is 15.0. The number of ether oxygens (including phenoxy) is 2. The second-order valence-corrected chi connectivity index (χ2v) is 15.7. The summed E-state index contributed by atoms with van der Waals surface area (Å²) >= 11 is 0. The average molecular weight is 752 g/mol. The number of pyridine rings is 1. The third-order valence-electron chi connectivity index (χ3n) is 12.6. The van der Waals surface area contributed by atoms with Crippen LogP contribution >= 0.6 is 0 Å². The van der Waals surface area contributed by atoms with Gasteiger partial charge in [-0.1, -0.05) is 36.3 Å². The summed E-state index contributed by atoms with van der Waals surface area (Å²) in [7, 11) is 1.87. The van der Waals surface area contributed by atoms with Gasteiger partial charge in [0, 0.05) is 81.0 Å². The third-order valence-corrected chi connectivity index (χ3v) is 12.6. The van der Waals surface area contributed by atoms with Gasteiger partial charge in [-0.3, -0.25) is 19.6 Å². The number of morpholine rings is 1. The Morgan fingerprint density at radius 1 is 1.13 bits per heavy atom. The number of alkyl halides is 1. The fourth-order valence-corrected chi connectivity index (χ4v) is 9.71. The van der Waals surface area contributed by atoms with Crippen LogP contribution in [0.25, 0.3) is 32.9 Å². The first-order valence-corrected chi connectivity index (χ1v) is 19.3. The summed E-state index contributed by atoms with van der Waals surface area (Å²) < 4.78 is 58.5. The standard InChI is InChI=1S/C42H44F3N7O3/c1-3-31-34(44)13-10-26-7-4-8-32(36(26)31)38-37(45)39-33(20-46-38)40(48-41(47-39)55-25-42-15-6-16-51(42)21-27(43)19-42)49(2)28-14-18-50(22-28)35(53)9-5-17-52-29-11-12-30(52)24-54-23-29/h1,4-5,7-10,13,20,27-30H,6,11-12,14-19,21-25H2,2H3/b9-5+/t27-,28-,29-,30+,42?/m1/s1. The van der Waals surface area contributed by atoms with E-state index in [9.17, 15) is 13.6 Å². The molecule has 5 aliphatic heterocycles. The lowest BCUT2D eigenvalue weighted by Crippen LogP contribution is -2.45. The molecular formula is C42H44F3N7O3. The Labute approximate surface area is 318 Å². The Bertz CT molecular complexity index is 2210. The van der Waals surface area contributed by atoms with Crippen LogP contribution in [0.4, 0.5) is 19.0 Å². The molecule has 55 heavy (non-hydrogen) atoms. The highest BCUT2D eigenvalue weighted by atomic mass is 19.1. The summed E-state index contributed by atoms with van der Waals surface area (Å²) in [5.74, 6) is 1.47. The number of fused-ring (bicyclic) bond motifs is 5. The zero-order valence-electron chi connectivity index (χ0n) is 30.9. The second kappa shape index (κ2) is 14.4. The van der Waals surface area contributed by atoms with Gasteiger partial charge < -0.3 is 19.3 Å². The van der Waals surface area contributed by atoms with Gasteiger partial charge in [0.2, 0.25) is 5.91 Å². The highest BCUT2D eigenvalue weighted by Crippen LogP contribution is 2.41. The van der Waals surface area contributed by atoms with Gasteiger partial charge in [-0.2, -0.15) is 9.97 Å². The Morgan fingerprint density at radius 2 is 1.96 bits per heavy atom. The average Bonchev–Trinajstić information content (AvgIpc) is 3.95. The van der Waals surface area contributed by atoms with Crippen LogP contribution in [0.15, 0.2) is 48.7 Å². The number of anilines is 1. The molecule has 5 aliphatic rings. The summed E-state index contributed by atoms with van der Waals surface area (Å²) in [6, 6.07) is 8.77. The molecule has 2 aromatic heterocycles. The van der Waals surface area contributed by atoms with Crippen LogP contribution in [0.5, 0.6) is 6.01 Å². The fourth-order valence-electron chi connectivity index (χ4n) is 9.71. The van der Waals surface area contributed by atoms with E-state index in [1.165, 1.54) is 12.3 Å². The van der Waals surface area contributed by atoms with Crippen LogP contribution in [-0.2, 0) is 9.53 Å². The Kier molecular flexibility index (Phi) is 9.39. The molecule has 9 rings (SSSR count). The van der Waals surface area contributed by atoms with E-state index in [0.717, 1.165) is 52.0 Å². The molecule has 0 saturated carbocycles. The Balaban J connectivity index is 1.03. The molecule has 0 aliphatic carbocycles. The summed E-state index contributed by atoms with van der Waals surface area (Å²) in [5.41, 5.74) is -0.169. The van der Waals surface area contributed by atoms with Crippen LogP contribution in [-0.4, -0.2) is 125 Å². The van der Waals surface area contributed by atoms with E-state index >= 15 is 4.39 Å². The number of terminal acetylenes is 1. The predicted octanol–water partition coefficient (Wildman–Crippen LogP) is 5.52. The number of likely N-dealkylation sites (tertiary alicyclic amines) is 1. The fraction of sp³-hybridized carbons (Fsp3) is 0.476. The van der Waals surface area contributed by atoms with Crippen molar-refractivity contribution >= 4 is 33.4 Å². The second-order valence-electron chi connectivity index (χ2n) is 15.7. The molecule has 5 saturated heterocycles. The zero-order valence-corrected chi connectivity index (χ0v) is 30.9. The van der Waals surface area contributed by atoms with Gasteiger partial charge in [0.15, 0.2) is 5.82 Å². The van der Waals surface area contributed by atoms with Gasteiger partial charge in [0.05, 0.1) is 29.7 Å². The first-order valence-electron chi connectivity index (χ1n) is 19.3. The number of aromatic nitrogens is 3. The number of carbonyl (C=O) groups is 1. The molecule has 13 heteroatoms. The quantitative estimate of drug-likeness (QED) is 0.162. The minimum absolute atomic E-state index is 0.0194. The molecule has 4 aromatic rings. The van der Waals surface area contributed by atoms with Gasteiger partial charge in [-0.05, 0) is 50.1 Å². The minimum atomic E-state index is -0.940. The summed E-state index contributed by atoms with van der Waals surface area (Å²) in [6.45, 7) is 4.55. The number of hydrogen-bond donors (Lipinski definition) is 0. The number of nitrogens with zero attached hydrogens (tertiary/aromatic N) is 7. The first kappa shape index (κ1) is 35.9. The van der Waals surface area contributed by atoms with E-state index < -0.39 is 23.3 Å². The normalized spacial score (nSPS) is 26.7. The molecule has 2 aromatic carbocycles. The summed E-state index contributed by atoms with van der Waals surface area (Å²) in [4.78, 5) is 35.7. The van der Waals surface area contributed by atoms with E-state index in [2.05, 4.69) is 25.7 Å². The largest absolute Gasteiger partial charge is 0.461 e. The molecule has 10 nitrogen and oxygen atoms in total. The van der Waals surface area contributed by atoms with Crippen molar-refractivity contribution in [3.05, 3.63) is 65.9 Å². The zero-order chi connectivity index (χ0) is 37.8. The highest BCUT2D eigenvalue weighted by molar-refractivity contribution is 6.02. The van der Waals surface area contributed by atoms with Crippen LogP contribution in [0.3, 0.4) is 0 Å². The van der Waals surface area contributed by atoms with Crippen molar-refractivity contribution in [3.8, 4) is 29.6 Å². The van der Waals surface area contributed by atoms with Gasteiger partial charge in [0.25, 0.3) is 0 Å². The Hall–Kier alpha value is -4.77. The van der Waals surface area contributed by atoms with Gasteiger partial charge in [0.1, 0.15) is 35.6 Å². The van der Waals surface area contributed by atoms with Gasteiger partial charge >= 0.3 is 6.01 Å². The molecule has 1 amide bonds. The van der Waals surface area contributed by atoms with Crippen LogP contribution in [0.2, 0.25) is 0 Å². The van der Waals surface area contributed by atoms with Crippen LogP contribution < -0.4 is 9.64 Å². The van der Waals surface area contributed by atoms with E-state index in [-0.39, 0.29) is 41.3 Å². The van der Waals surface area contributed by atoms with E-state index in [4.69, 9.17) is 20.9 Å². The minimum Gasteiger partial charge on any atom is -0.461 e. The molecule has 0 N–H and O–H groups in total. The van der Waals surface area contributed by atoms with Crippen molar-refractivity contribution in [2.75, 3.05) is 64.5 Å². The van der Waals surface area contributed by atoms with Crippen molar-refractivity contribution in [2.45, 2.75) is 68.4 Å². The van der Waals surface area contributed by atoms with Crippen molar-refractivity contribution in [2.24, 2.45) is 0 Å². The number of amides is 1. The molecule has 0 spiro atoms. The van der Waals surface area contributed by atoms with E-state index in [1.807, 2.05) is 22.9 Å². The van der Waals surface area contributed by atoms with E-state index in [0.29, 0.717) is 72.1 Å². The topological polar surface area (TPSA) is 87.2 Å². The molecular weight excluding hydrogens is 708 g/mol. The number of benzene rings is 2. The maximum Gasteiger partial charge on any atom is 0.319 e. The van der Waals surface area contributed by atoms with Crippen molar-refractivity contribution < 1.29 is 27.4 Å². The lowest BCUT2D eigenvalue weighted by molar-refractivity contribution is -0.125.